The summed E-state index contributed by atoms with van der Waals surface area (Å²) in [4.78, 5) is 0. The molecule has 0 radical (unpaired) electrons. The molecule has 3 aromatic rings. The van der Waals surface area contributed by atoms with Gasteiger partial charge < -0.3 is 14.9 Å². The second kappa shape index (κ2) is 5.32. The zero-order valence-corrected chi connectivity index (χ0v) is 12.8. The van der Waals surface area contributed by atoms with Gasteiger partial charge in [0.25, 0.3) is 0 Å². The van der Waals surface area contributed by atoms with Gasteiger partial charge in [0.05, 0.1) is 12.8 Å². The highest BCUT2D eigenvalue weighted by Crippen LogP contribution is 2.36. The standard InChI is InChI=1S/C18H21NO2/c1-4-11(5-2)12-6-7-16-13(8-12)14-9-18(20-3)15(19)10-17(14)21-16/h6-11H,4-5,19H2,1-3H3. The quantitative estimate of drug-likeness (QED) is 0.679. The smallest absolute Gasteiger partial charge is 0.142 e. The predicted octanol–water partition coefficient (Wildman–Crippen LogP) is 5.08. The van der Waals surface area contributed by atoms with E-state index in [2.05, 4.69) is 32.0 Å². The van der Waals surface area contributed by atoms with E-state index in [1.807, 2.05) is 12.1 Å². The number of nitrogens with two attached hydrogens (primary N) is 1. The van der Waals surface area contributed by atoms with Crippen LogP contribution < -0.4 is 10.5 Å². The average Bonchev–Trinajstić information content (AvgIpc) is 2.84. The van der Waals surface area contributed by atoms with Gasteiger partial charge in [0, 0.05) is 16.8 Å². The molecule has 1 heterocycles. The first kappa shape index (κ1) is 13.8. The van der Waals surface area contributed by atoms with Gasteiger partial charge in [0.2, 0.25) is 0 Å². The SMILES string of the molecule is CCC(CC)c1ccc2oc3cc(N)c(OC)cc3c2c1. The fraction of sp³-hybridized carbons (Fsp3) is 0.333. The number of rotatable bonds is 4. The van der Waals surface area contributed by atoms with Crippen LogP contribution in [0.4, 0.5) is 5.69 Å². The van der Waals surface area contributed by atoms with Crippen molar-refractivity contribution in [2.45, 2.75) is 32.6 Å². The zero-order chi connectivity index (χ0) is 15.0. The van der Waals surface area contributed by atoms with Gasteiger partial charge in [-0.2, -0.15) is 0 Å². The van der Waals surface area contributed by atoms with Gasteiger partial charge in [-0.1, -0.05) is 19.9 Å². The molecule has 0 aliphatic rings. The molecule has 0 amide bonds. The molecule has 0 saturated carbocycles. The molecule has 0 spiro atoms. The molecule has 2 N–H and O–H groups in total. The molecule has 0 fully saturated rings. The average molecular weight is 283 g/mol. The van der Waals surface area contributed by atoms with Gasteiger partial charge in [0.1, 0.15) is 16.9 Å². The predicted molar refractivity (Wildman–Crippen MR) is 88.0 cm³/mol. The number of nitrogen functional groups attached to an aromatic ring is 1. The Balaban J connectivity index is 2.25. The van der Waals surface area contributed by atoms with Crippen LogP contribution in [0.25, 0.3) is 21.9 Å². The molecule has 110 valence electrons. The summed E-state index contributed by atoms with van der Waals surface area (Å²) in [6, 6.07) is 10.3. The van der Waals surface area contributed by atoms with Crippen LogP contribution in [0, 0.1) is 0 Å². The van der Waals surface area contributed by atoms with Crippen molar-refractivity contribution in [2.75, 3.05) is 12.8 Å². The van der Waals surface area contributed by atoms with Crippen molar-refractivity contribution in [1.82, 2.24) is 0 Å². The van der Waals surface area contributed by atoms with Crippen LogP contribution in [0.1, 0.15) is 38.2 Å². The summed E-state index contributed by atoms with van der Waals surface area (Å²) in [5.74, 6) is 1.29. The summed E-state index contributed by atoms with van der Waals surface area (Å²) in [5, 5.41) is 2.19. The van der Waals surface area contributed by atoms with Crippen LogP contribution in [-0.2, 0) is 0 Å². The van der Waals surface area contributed by atoms with E-state index in [1.165, 1.54) is 5.56 Å². The summed E-state index contributed by atoms with van der Waals surface area (Å²) < 4.78 is 11.2. The zero-order valence-electron chi connectivity index (χ0n) is 12.8. The van der Waals surface area contributed by atoms with E-state index in [0.717, 1.165) is 34.8 Å². The maximum atomic E-state index is 5.96. The van der Waals surface area contributed by atoms with E-state index < -0.39 is 0 Å². The number of benzene rings is 2. The van der Waals surface area contributed by atoms with E-state index in [0.29, 0.717) is 17.4 Å². The minimum atomic E-state index is 0.593. The maximum absolute atomic E-state index is 5.96. The van der Waals surface area contributed by atoms with E-state index in [4.69, 9.17) is 14.9 Å². The van der Waals surface area contributed by atoms with Crippen LogP contribution in [0.2, 0.25) is 0 Å². The molecule has 3 heteroatoms. The number of hydrogen-bond donors (Lipinski definition) is 1. The number of fused-ring (bicyclic) bond motifs is 3. The molecule has 0 atom stereocenters. The van der Waals surface area contributed by atoms with Crippen LogP contribution >= 0.6 is 0 Å². The fourth-order valence-corrected chi connectivity index (χ4v) is 3.03. The van der Waals surface area contributed by atoms with Gasteiger partial charge in [-0.25, -0.2) is 0 Å². The minimum Gasteiger partial charge on any atom is -0.495 e. The number of anilines is 1. The lowest BCUT2D eigenvalue weighted by atomic mass is 9.93. The van der Waals surface area contributed by atoms with Crippen molar-refractivity contribution in [3.8, 4) is 5.75 Å². The number of hydrogen-bond acceptors (Lipinski definition) is 3. The molecule has 0 aliphatic carbocycles. The second-order valence-electron chi connectivity index (χ2n) is 5.46. The van der Waals surface area contributed by atoms with Gasteiger partial charge in [-0.3, -0.25) is 0 Å². The van der Waals surface area contributed by atoms with Gasteiger partial charge in [-0.15, -0.1) is 0 Å². The molecular weight excluding hydrogens is 262 g/mol. The largest absolute Gasteiger partial charge is 0.495 e. The Kier molecular flexibility index (Phi) is 3.50. The molecule has 2 aromatic carbocycles. The molecule has 3 rings (SSSR count). The maximum Gasteiger partial charge on any atom is 0.142 e. The Morgan fingerprint density at radius 3 is 2.43 bits per heavy atom. The lowest BCUT2D eigenvalue weighted by Crippen LogP contribution is -1.94. The Hall–Kier alpha value is -2.16. The van der Waals surface area contributed by atoms with Crippen molar-refractivity contribution in [1.29, 1.82) is 0 Å². The van der Waals surface area contributed by atoms with Crippen LogP contribution in [0.3, 0.4) is 0 Å². The first-order valence-corrected chi connectivity index (χ1v) is 7.47. The summed E-state index contributed by atoms with van der Waals surface area (Å²) in [6.45, 7) is 4.46. The van der Waals surface area contributed by atoms with Crippen molar-refractivity contribution >= 4 is 27.6 Å². The molecule has 0 saturated heterocycles. The van der Waals surface area contributed by atoms with Crippen molar-refractivity contribution in [3.05, 3.63) is 35.9 Å². The third-order valence-corrected chi connectivity index (χ3v) is 4.30. The highest BCUT2D eigenvalue weighted by atomic mass is 16.5. The van der Waals surface area contributed by atoms with Crippen LogP contribution in [0.15, 0.2) is 34.7 Å². The first-order chi connectivity index (χ1) is 10.2. The van der Waals surface area contributed by atoms with Gasteiger partial charge in [0.15, 0.2) is 0 Å². The molecule has 3 nitrogen and oxygen atoms in total. The summed E-state index contributed by atoms with van der Waals surface area (Å²) >= 11 is 0. The van der Waals surface area contributed by atoms with E-state index >= 15 is 0 Å². The Morgan fingerprint density at radius 1 is 1.05 bits per heavy atom. The minimum absolute atomic E-state index is 0.593. The topological polar surface area (TPSA) is 48.4 Å². The van der Waals surface area contributed by atoms with Crippen molar-refractivity contribution in [2.24, 2.45) is 0 Å². The van der Waals surface area contributed by atoms with Crippen LogP contribution in [0.5, 0.6) is 5.75 Å². The van der Waals surface area contributed by atoms with E-state index in [9.17, 15) is 0 Å². The van der Waals surface area contributed by atoms with Crippen molar-refractivity contribution in [3.63, 3.8) is 0 Å². The third-order valence-electron chi connectivity index (χ3n) is 4.30. The highest BCUT2D eigenvalue weighted by molar-refractivity contribution is 6.06. The molecule has 0 aliphatic heterocycles. The van der Waals surface area contributed by atoms with Gasteiger partial charge >= 0.3 is 0 Å². The Morgan fingerprint density at radius 2 is 1.76 bits per heavy atom. The molecule has 0 unspecified atom stereocenters. The highest BCUT2D eigenvalue weighted by Gasteiger charge is 2.13. The summed E-state index contributed by atoms with van der Waals surface area (Å²) in [6.07, 6.45) is 2.29. The Labute approximate surface area is 124 Å². The lowest BCUT2D eigenvalue weighted by Gasteiger charge is -2.12. The molecule has 21 heavy (non-hydrogen) atoms. The Bertz CT molecular complexity index is 785. The lowest BCUT2D eigenvalue weighted by molar-refractivity contribution is 0.417. The fourth-order valence-electron chi connectivity index (χ4n) is 3.03. The first-order valence-electron chi connectivity index (χ1n) is 7.47. The molecule has 1 aromatic heterocycles. The van der Waals surface area contributed by atoms with E-state index in [-0.39, 0.29) is 0 Å². The normalized spacial score (nSPS) is 11.6. The van der Waals surface area contributed by atoms with E-state index in [1.54, 1.807) is 7.11 Å². The molecular formula is C18H21NO2. The summed E-state index contributed by atoms with van der Waals surface area (Å²) in [7, 11) is 1.63. The van der Waals surface area contributed by atoms with Crippen LogP contribution in [-0.4, -0.2) is 7.11 Å². The number of ether oxygens (including phenoxy) is 1. The second-order valence-corrected chi connectivity index (χ2v) is 5.46. The number of furan rings is 1. The third kappa shape index (κ3) is 2.23. The number of methoxy groups -OCH3 is 1. The summed E-state index contributed by atoms with van der Waals surface area (Å²) in [5.41, 5.74) is 9.63. The van der Waals surface area contributed by atoms with Crippen molar-refractivity contribution < 1.29 is 9.15 Å². The molecule has 0 bridgehead atoms. The van der Waals surface area contributed by atoms with Gasteiger partial charge in [-0.05, 0) is 42.5 Å². The monoisotopic (exact) mass is 283 g/mol.